The van der Waals surface area contributed by atoms with E-state index in [-0.39, 0.29) is 10.5 Å². The number of benzene rings is 1. The molecule has 0 aliphatic rings. The molecular formula is C17H22N2O5S. The third kappa shape index (κ3) is 4.91. The van der Waals surface area contributed by atoms with E-state index in [1.54, 1.807) is 25.3 Å². The second-order valence-electron chi connectivity index (χ2n) is 5.73. The van der Waals surface area contributed by atoms with Crippen molar-refractivity contribution in [2.45, 2.75) is 24.7 Å². The van der Waals surface area contributed by atoms with Crippen molar-refractivity contribution in [3.05, 3.63) is 53.5 Å². The van der Waals surface area contributed by atoms with Crippen LogP contribution in [0.1, 0.15) is 28.1 Å². The van der Waals surface area contributed by atoms with Crippen LogP contribution < -0.4 is 5.48 Å². The second kappa shape index (κ2) is 8.28. The van der Waals surface area contributed by atoms with Crippen molar-refractivity contribution < 1.29 is 22.5 Å². The van der Waals surface area contributed by atoms with Crippen LogP contribution in [0.25, 0.3) is 0 Å². The molecule has 0 unspecified atom stereocenters. The smallest absolute Gasteiger partial charge is 0.274 e. The van der Waals surface area contributed by atoms with Crippen LogP contribution >= 0.6 is 0 Å². The molecule has 1 amide bonds. The van der Waals surface area contributed by atoms with Crippen molar-refractivity contribution >= 4 is 15.9 Å². The number of carbonyl (C=O) groups is 1. The van der Waals surface area contributed by atoms with Crippen molar-refractivity contribution in [1.82, 2.24) is 9.79 Å². The SMILES string of the molecule is Cc1ccc(C(=O)NOCCCc2ccco2)cc1S(=O)(=O)N(C)C. The first-order valence-corrected chi connectivity index (χ1v) is 9.24. The van der Waals surface area contributed by atoms with Crippen molar-refractivity contribution in [2.24, 2.45) is 0 Å². The summed E-state index contributed by atoms with van der Waals surface area (Å²) >= 11 is 0. The van der Waals surface area contributed by atoms with Gasteiger partial charge in [-0.2, -0.15) is 0 Å². The maximum Gasteiger partial charge on any atom is 0.274 e. The lowest BCUT2D eigenvalue weighted by molar-refractivity contribution is 0.0301. The zero-order chi connectivity index (χ0) is 18.4. The highest BCUT2D eigenvalue weighted by Gasteiger charge is 2.21. The second-order valence-corrected chi connectivity index (χ2v) is 7.85. The minimum Gasteiger partial charge on any atom is -0.469 e. The Morgan fingerprint density at radius 3 is 2.68 bits per heavy atom. The Hall–Kier alpha value is -2.16. The van der Waals surface area contributed by atoms with Gasteiger partial charge in [-0.1, -0.05) is 6.07 Å². The van der Waals surface area contributed by atoms with Crippen LogP contribution in [0.15, 0.2) is 45.9 Å². The monoisotopic (exact) mass is 366 g/mol. The van der Waals surface area contributed by atoms with Crippen LogP contribution in [0.2, 0.25) is 0 Å². The van der Waals surface area contributed by atoms with Gasteiger partial charge in [-0.15, -0.1) is 0 Å². The number of amides is 1. The largest absolute Gasteiger partial charge is 0.469 e. The van der Waals surface area contributed by atoms with E-state index in [4.69, 9.17) is 9.25 Å². The maximum atomic E-state index is 12.3. The molecule has 2 aromatic rings. The molecule has 0 aliphatic heterocycles. The van der Waals surface area contributed by atoms with Crippen molar-refractivity contribution in [3.8, 4) is 0 Å². The zero-order valence-electron chi connectivity index (χ0n) is 14.5. The van der Waals surface area contributed by atoms with Gasteiger partial charge >= 0.3 is 0 Å². The van der Waals surface area contributed by atoms with Gasteiger partial charge in [-0.05, 0) is 43.2 Å². The van der Waals surface area contributed by atoms with Crippen LogP contribution in [0.4, 0.5) is 0 Å². The molecule has 7 nitrogen and oxygen atoms in total. The lowest BCUT2D eigenvalue weighted by Crippen LogP contribution is -2.26. The van der Waals surface area contributed by atoms with Gasteiger partial charge in [0.1, 0.15) is 5.76 Å². The van der Waals surface area contributed by atoms with Gasteiger partial charge in [0.25, 0.3) is 5.91 Å². The van der Waals surface area contributed by atoms with Crippen LogP contribution in [0.5, 0.6) is 0 Å². The van der Waals surface area contributed by atoms with Crippen molar-refractivity contribution in [3.63, 3.8) is 0 Å². The summed E-state index contributed by atoms with van der Waals surface area (Å²) in [6, 6.07) is 8.20. The summed E-state index contributed by atoms with van der Waals surface area (Å²) in [7, 11) is -0.720. The molecule has 0 spiro atoms. The number of hydrogen-bond acceptors (Lipinski definition) is 5. The van der Waals surface area contributed by atoms with E-state index in [9.17, 15) is 13.2 Å². The molecule has 0 fully saturated rings. The molecule has 0 atom stereocenters. The van der Waals surface area contributed by atoms with Gasteiger partial charge < -0.3 is 4.42 Å². The third-order valence-corrected chi connectivity index (χ3v) is 5.58. The predicted molar refractivity (Wildman–Crippen MR) is 92.5 cm³/mol. The molecule has 1 heterocycles. The summed E-state index contributed by atoms with van der Waals surface area (Å²) in [5.41, 5.74) is 3.12. The van der Waals surface area contributed by atoms with Crippen LogP contribution in [0, 0.1) is 6.92 Å². The van der Waals surface area contributed by atoms with E-state index in [2.05, 4.69) is 5.48 Å². The Balaban J connectivity index is 1.93. The predicted octanol–water partition coefficient (Wildman–Crippen LogP) is 2.13. The molecule has 0 saturated carbocycles. The maximum absolute atomic E-state index is 12.3. The number of hydroxylamine groups is 1. The fraction of sp³-hybridized carbons (Fsp3) is 0.353. The van der Waals surface area contributed by atoms with E-state index in [1.165, 1.54) is 20.2 Å². The van der Waals surface area contributed by atoms with E-state index in [1.807, 2.05) is 12.1 Å². The molecule has 25 heavy (non-hydrogen) atoms. The first-order chi connectivity index (χ1) is 11.8. The summed E-state index contributed by atoms with van der Waals surface area (Å²) in [6.07, 6.45) is 3.00. The van der Waals surface area contributed by atoms with Crippen molar-refractivity contribution in [2.75, 3.05) is 20.7 Å². The average Bonchev–Trinajstić information content (AvgIpc) is 3.07. The summed E-state index contributed by atoms with van der Waals surface area (Å²) in [6.45, 7) is 2.00. The molecule has 0 aliphatic carbocycles. The first kappa shape index (κ1) is 19.2. The lowest BCUT2D eigenvalue weighted by Gasteiger charge is -2.14. The van der Waals surface area contributed by atoms with E-state index in [0.717, 1.165) is 10.1 Å². The van der Waals surface area contributed by atoms with E-state index in [0.29, 0.717) is 25.0 Å². The Labute approximate surface area is 147 Å². The molecule has 2 rings (SSSR count). The number of nitrogens with zero attached hydrogens (tertiary/aromatic N) is 1. The quantitative estimate of drug-likeness (QED) is 0.571. The van der Waals surface area contributed by atoms with Gasteiger partial charge in [0, 0.05) is 26.1 Å². The highest BCUT2D eigenvalue weighted by molar-refractivity contribution is 7.89. The highest BCUT2D eigenvalue weighted by atomic mass is 32.2. The summed E-state index contributed by atoms with van der Waals surface area (Å²) < 4.78 is 30.9. The number of nitrogens with one attached hydrogen (secondary N) is 1. The molecule has 0 saturated heterocycles. The number of furan rings is 1. The molecular weight excluding hydrogens is 344 g/mol. The minimum atomic E-state index is -3.62. The number of carbonyl (C=O) groups excluding carboxylic acids is 1. The van der Waals surface area contributed by atoms with E-state index < -0.39 is 15.9 Å². The molecule has 1 aromatic heterocycles. The average molecular weight is 366 g/mol. The Kier molecular flexibility index (Phi) is 6.35. The van der Waals surface area contributed by atoms with Crippen LogP contribution in [-0.4, -0.2) is 39.3 Å². The summed E-state index contributed by atoms with van der Waals surface area (Å²) in [5, 5.41) is 0. The highest BCUT2D eigenvalue weighted by Crippen LogP contribution is 2.19. The van der Waals surface area contributed by atoms with E-state index >= 15 is 0 Å². The molecule has 136 valence electrons. The number of aryl methyl sites for hydroxylation is 2. The molecule has 0 radical (unpaired) electrons. The lowest BCUT2D eigenvalue weighted by atomic mass is 10.1. The fourth-order valence-corrected chi connectivity index (χ4v) is 3.31. The Morgan fingerprint density at radius 1 is 1.28 bits per heavy atom. The van der Waals surface area contributed by atoms with Crippen LogP contribution in [0.3, 0.4) is 0 Å². The van der Waals surface area contributed by atoms with Gasteiger partial charge in [-0.3, -0.25) is 9.63 Å². The molecule has 0 bridgehead atoms. The topological polar surface area (TPSA) is 88.8 Å². The number of rotatable bonds is 8. The van der Waals surface area contributed by atoms with Gasteiger partial charge in [0.2, 0.25) is 10.0 Å². The summed E-state index contributed by atoms with van der Waals surface area (Å²) in [4.78, 5) is 17.4. The van der Waals surface area contributed by atoms with Crippen LogP contribution in [-0.2, 0) is 21.3 Å². The first-order valence-electron chi connectivity index (χ1n) is 7.80. The van der Waals surface area contributed by atoms with Gasteiger partial charge in [-0.25, -0.2) is 18.2 Å². The number of hydrogen-bond donors (Lipinski definition) is 1. The minimum absolute atomic E-state index is 0.1000. The van der Waals surface area contributed by atoms with Gasteiger partial charge in [0.15, 0.2) is 0 Å². The van der Waals surface area contributed by atoms with Gasteiger partial charge in [0.05, 0.1) is 17.8 Å². The molecule has 8 heteroatoms. The standard InChI is InChI=1S/C17H22N2O5S/c1-13-8-9-14(12-16(13)25(21,22)19(2)3)17(20)18-24-11-5-7-15-6-4-10-23-15/h4,6,8-10,12H,5,7,11H2,1-3H3,(H,18,20). The fourth-order valence-electron chi connectivity index (χ4n) is 2.16. The Morgan fingerprint density at radius 2 is 2.04 bits per heavy atom. The molecule has 1 aromatic carbocycles. The zero-order valence-corrected chi connectivity index (χ0v) is 15.3. The molecule has 1 N–H and O–H groups in total. The number of sulfonamides is 1. The third-order valence-electron chi connectivity index (χ3n) is 3.62. The normalized spacial score (nSPS) is 11.7. The Bertz CT molecular complexity index is 814. The summed E-state index contributed by atoms with van der Waals surface area (Å²) in [5.74, 6) is 0.361. The van der Waals surface area contributed by atoms with Crippen molar-refractivity contribution in [1.29, 1.82) is 0 Å².